The third-order valence-corrected chi connectivity index (χ3v) is 5.46. The number of carboxylic acid groups (broad SMARTS) is 1. The van der Waals surface area contributed by atoms with Gasteiger partial charge in [0.2, 0.25) is 0 Å². The van der Waals surface area contributed by atoms with E-state index in [4.69, 9.17) is 10.5 Å². The molecular formula is C19H17N5O3S. The minimum Gasteiger partial charge on any atom is -0.489 e. The van der Waals surface area contributed by atoms with Gasteiger partial charge in [-0.15, -0.1) is 16.4 Å². The van der Waals surface area contributed by atoms with Gasteiger partial charge in [0.05, 0.1) is 16.5 Å². The van der Waals surface area contributed by atoms with Gasteiger partial charge in [-0.25, -0.2) is 9.78 Å². The quantitative estimate of drug-likeness (QED) is 0.533. The number of carboxylic acids is 1. The number of aromatic nitrogens is 4. The highest BCUT2D eigenvalue weighted by molar-refractivity contribution is 7.17. The Balaban J connectivity index is 1.65. The number of hydrogen-bond acceptors (Lipinski definition) is 7. The lowest BCUT2D eigenvalue weighted by Crippen LogP contribution is -2.02. The predicted octanol–water partition coefficient (Wildman–Crippen LogP) is 3.26. The fraction of sp³-hybridized carbons (Fsp3) is 0.158. The van der Waals surface area contributed by atoms with Gasteiger partial charge in [0, 0.05) is 29.8 Å². The minimum atomic E-state index is -1.03. The van der Waals surface area contributed by atoms with Gasteiger partial charge >= 0.3 is 5.97 Å². The van der Waals surface area contributed by atoms with Crippen molar-refractivity contribution >= 4 is 33.2 Å². The van der Waals surface area contributed by atoms with E-state index in [0.717, 1.165) is 22.4 Å². The van der Waals surface area contributed by atoms with Crippen LogP contribution in [0.4, 0.5) is 5.82 Å². The molecule has 3 heterocycles. The van der Waals surface area contributed by atoms with Crippen molar-refractivity contribution in [3.8, 4) is 17.0 Å². The Morgan fingerprint density at radius 2 is 2.21 bits per heavy atom. The molecule has 1 aromatic carbocycles. The lowest BCUT2D eigenvalue weighted by molar-refractivity contribution is 0.0699. The molecule has 0 atom stereocenters. The zero-order chi connectivity index (χ0) is 19.8. The standard InChI is InChI=1S/C19H17N5O3S/c1-10-3-4-11(14-7-24(2)23-22-14)5-15(10)27-8-12-9-28-17-13(19(25)26)6-21-18(20)16(12)17/h3-7,9H,8H2,1-2H3,(H2,20,21)(H,25,26). The average Bonchev–Trinajstić information content (AvgIpc) is 3.28. The van der Waals surface area contributed by atoms with Crippen molar-refractivity contribution in [1.29, 1.82) is 0 Å². The number of nitrogens with zero attached hydrogens (tertiary/aromatic N) is 4. The fourth-order valence-corrected chi connectivity index (χ4v) is 4.01. The van der Waals surface area contributed by atoms with Gasteiger partial charge in [0.15, 0.2) is 0 Å². The van der Waals surface area contributed by atoms with Crippen LogP contribution in [0, 0.1) is 6.92 Å². The van der Waals surface area contributed by atoms with Crippen LogP contribution in [0.25, 0.3) is 21.3 Å². The Morgan fingerprint density at radius 3 is 2.93 bits per heavy atom. The number of pyridine rings is 1. The summed E-state index contributed by atoms with van der Waals surface area (Å²) in [5, 5.41) is 19.9. The maximum Gasteiger partial charge on any atom is 0.338 e. The number of aryl methyl sites for hydroxylation is 2. The van der Waals surface area contributed by atoms with E-state index in [-0.39, 0.29) is 12.2 Å². The first-order valence-corrected chi connectivity index (χ1v) is 9.30. The fourth-order valence-electron chi connectivity index (χ4n) is 2.94. The molecule has 0 amide bonds. The van der Waals surface area contributed by atoms with Crippen LogP contribution in [0.2, 0.25) is 0 Å². The summed E-state index contributed by atoms with van der Waals surface area (Å²) in [6.07, 6.45) is 3.12. The maximum absolute atomic E-state index is 11.4. The van der Waals surface area contributed by atoms with Crippen LogP contribution in [-0.4, -0.2) is 31.1 Å². The van der Waals surface area contributed by atoms with Crippen molar-refractivity contribution in [1.82, 2.24) is 20.0 Å². The van der Waals surface area contributed by atoms with E-state index in [9.17, 15) is 9.90 Å². The number of carbonyl (C=O) groups is 1. The smallest absolute Gasteiger partial charge is 0.338 e. The molecule has 4 aromatic rings. The first-order valence-electron chi connectivity index (χ1n) is 8.42. The molecular weight excluding hydrogens is 378 g/mol. The number of fused-ring (bicyclic) bond motifs is 1. The van der Waals surface area contributed by atoms with Crippen LogP contribution < -0.4 is 10.5 Å². The third-order valence-electron chi connectivity index (χ3n) is 4.40. The van der Waals surface area contributed by atoms with Crippen LogP contribution in [0.3, 0.4) is 0 Å². The van der Waals surface area contributed by atoms with Crippen molar-refractivity contribution in [2.75, 3.05) is 5.73 Å². The molecule has 0 saturated heterocycles. The van der Waals surface area contributed by atoms with Crippen molar-refractivity contribution in [3.63, 3.8) is 0 Å². The van der Waals surface area contributed by atoms with Crippen molar-refractivity contribution in [3.05, 3.63) is 52.7 Å². The van der Waals surface area contributed by atoms with E-state index in [1.165, 1.54) is 17.5 Å². The number of hydrogen-bond donors (Lipinski definition) is 2. The summed E-state index contributed by atoms with van der Waals surface area (Å²) in [5.74, 6) is -0.0207. The molecule has 0 radical (unpaired) electrons. The largest absolute Gasteiger partial charge is 0.489 e. The number of aromatic carboxylic acids is 1. The van der Waals surface area contributed by atoms with E-state index in [1.54, 1.807) is 4.68 Å². The molecule has 8 nitrogen and oxygen atoms in total. The zero-order valence-corrected chi connectivity index (χ0v) is 16.0. The number of anilines is 1. The molecule has 0 unspecified atom stereocenters. The molecule has 0 bridgehead atoms. The molecule has 0 aliphatic rings. The van der Waals surface area contributed by atoms with E-state index >= 15 is 0 Å². The topological polar surface area (TPSA) is 116 Å². The van der Waals surface area contributed by atoms with Crippen LogP contribution in [-0.2, 0) is 13.7 Å². The summed E-state index contributed by atoms with van der Waals surface area (Å²) in [4.78, 5) is 15.4. The van der Waals surface area contributed by atoms with Crippen LogP contribution >= 0.6 is 11.3 Å². The number of nitrogens with two attached hydrogens (primary N) is 1. The number of rotatable bonds is 5. The summed E-state index contributed by atoms with van der Waals surface area (Å²) >= 11 is 1.32. The Morgan fingerprint density at radius 1 is 1.39 bits per heavy atom. The monoisotopic (exact) mass is 395 g/mol. The van der Waals surface area contributed by atoms with E-state index in [2.05, 4.69) is 15.3 Å². The Hall–Kier alpha value is -3.46. The van der Waals surface area contributed by atoms with Crippen molar-refractivity contribution in [2.45, 2.75) is 13.5 Å². The summed E-state index contributed by atoms with van der Waals surface area (Å²) in [6.45, 7) is 2.21. The second-order valence-electron chi connectivity index (χ2n) is 6.37. The molecule has 3 N–H and O–H groups in total. The molecule has 4 rings (SSSR count). The van der Waals surface area contributed by atoms with Crippen LogP contribution in [0.5, 0.6) is 5.75 Å². The highest BCUT2D eigenvalue weighted by Gasteiger charge is 2.17. The molecule has 28 heavy (non-hydrogen) atoms. The summed E-state index contributed by atoms with van der Waals surface area (Å²) in [7, 11) is 1.81. The second-order valence-corrected chi connectivity index (χ2v) is 7.25. The molecule has 0 saturated carbocycles. The van der Waals surface area contributed by atoms with E-state index in [0.29, 0.717) is 21.7 Å². The Bertz CT molecular complexity index is 1200. The highest BCUT2D eigenvalue weighted by atomic mass is 32.1. The molecule has 0 aliphatic heterocycles. The van der Waals surface area contributed by atoms with Gasteiger partial charge in [-0.3, -0.25) is 4.68 Å². The zero-order valence-electron chi connectivity index (χ0n) is 15.2. The minimum absolute atomic E-state index is 0.140. The number of benzene rings is 1. The Kier molecular flexibility index (Phi) is 4.44. The molecule has 0 spiro atoms. The summed E-state index contributed by atoms with van der Waals surface area (Å²) in [6, 6.07) is 5.84. The highest BCUT2D eigenvalue weighted by Crippen LogP contribution is 2.34. The summed E-state index contributed by atoms with van der Waals surface area (Å²) < 4.78 is 8.28. The van der Waals surface area contributed by atoms with Gasteiger partial charge in [-0.05, 0) is 23.9 Å². The Labute approximate surface area is 164 Å². The summed E-state index contributed by atoms with van der Waals surface area (Å²) in [5.41, 5.74) is 9.58. The number of thiophene rings is 1. The van der Waals surface area contributed by atoms with Gasteiger partial charge in [0.1, 0.15) is 23.9 Å². The first kappa shape index (κ1) is 17.9. The molecule has 0 fully saturated rings. The lowest BCUT2D eigenvalue weighted by atomic mass is 10.1. The third kappa shape index (κ3) is 3.16. The van der Waals surface area contributed by atoms with Crippen molar-refractivity contribution < 1.29 is 14.6 Å². The van der Waals surface area contributed by atoms with E-state index < -0.39 is 5.97 Å². The van der Waals surface area contributed by atoms with Crippen LogP contribution in [0.15, 0.2) is 36.0 Å². The SMILES string of the molecule is Cc1ccc(-c2cn(C)nn2)cc1OCc1csc2c(C(=O)O)cnc(N)c12. The van der Waals surface area contributed by atoms with Crippen LogP contribution in [0.1, 0.15) is 21.5 Å². The average molecular weight is 395 g/mol. The maximum atomic E-state index is 11.4. The molecule has 3 aromatic heterocycles. The van der Waals surface area contributed by atoms with Gasteiger partial charge in [-0.2, -0.15) is 0 Å². The number of nitrogen functional groups attached to an aromatic ring is 1. The predicted molar refractivity (Wildman–Crippen MR) is 106 cm³/mol. The van der Waals surface area contributed by atoms with Gasteiger partial charge in [-0.1, -0.05) is 17.3 Å². The molecule has 9 heteroatoms. The van der Waals surface area contributed by atoms with Gasteiger partial charge < -0.3 is 15.6 Å². The molecule has 142 valence electrons. The molecule has 0 aliphatic carbocycles. The van der Waals surface area contributed by atoms with Gasteiger partial charge in [0.25, 0.3) is 0 Å². The lowest BCUT2D eigenvalue weighted by Gasteiger charge is -2.10. The first-order chi connectivity index (χ1) is 13.4. The van der Waals surface area contributed by atoms with E-state index in [1.807, 2.05) is 43.7 Å². The van der Waals surface area contributed by atoms with Crippen molar-refractivity contribution in [2.24, 2.45) is 7.05 Å². The number of ether oxygens (including phenoxy) is 1. The second kappa shape index (κ2) is 6.93. The normalized spacial score (nSPS) is 11.1.